The van der Waals surface area contributed by atoms with E-state index < -0.39 is 15.8 Å². The van der Waals surface area contributed by atoms with Gasteiger partial charge in [0.2, 0.25) is 0 Å². The number of Topliss-reactive ketones (excluding diaryl/α,β-unsaturated/α-hetero) is 1. The quantitative estimate of drug-likeness (QED) is 0.565. The largest absolute Gasteiger partial charge is 0.384 e. The van der Waals surface area contributed by atoms with E-state index in [0.29, 0.717) is 41.8 Å². The van der Waals surface area contributed by atoms with Gasteiger partial charge in [0, 0.05) is 47.6 Å². The van der Waals surface area contributed by atoms with Crippen molar-refractivity contribution >= 4 is 22.8 Å². The topological polar surface area (TPSA) is 156 Å². The molecule has 0 saturated heterocycles. The predicted molar refractivity (Wildman–Crippen MR) is 114 cm³/mol. The van der Waals surface area contributed by atoms with Crippen LogP contribution in [0.5, 0.6) is 0 Å². The van der Waals surface area contributed by atoms with E-state index in [0.717, 1.165) is 0 Å². The van der Waals surface area contributed by atoms with Crippen LogP contribution in [0.3, 0.4) is 0 Å². The van der Waals surface area contributed by atoms with E-state index in [4.69, 9.17) is 5.73 Å². The molecule has 1 aliphatic heterocycles. The van der Waals surface area contributed by atoms with Gasteiger partial charge in [0.1, 0.15) is 5.82 Å². The minimum absolute atomic E-state index is 0.0912. The van der Waals surface area contributed by atoms with Crippen LogP contribution in [0, 0.1) is 31.6 Å². The summed E-state index contributed by atoms with van der Waals surface area (Å²) < 4.78 is 0. The normalized spacial score (nSPS) is 18.3. The zero-order valence-electron chi connectivity index (χ0n) is 16.7. The first-order valence-corrected chi connectivity index (χ1v) is 9.78. The van der Waals surface area contributed by atoms with Crippen molar-refractivity contribution in [2.45, 2.75) is 25.2 Å². The molecule has 1 aliphatic carbocycles. The Morgan fingerprint density at radius 3 is 2.06 bits per heavy atom. The van der Waals surface area contributed by atoms with Gasteiger partial charge >= 0.3 is 0 Å². The van der Waals surface area contributed by atoms with Crippen molar-refractivity contribution < 1.29 is 14.6 Å². The number of hydrogen-bond acceptors (Lipinski definition) is 8. The molecule has 0 radical (unpaired) electrons. The molecule has 0 amide bonds. The molecule has 2 aromatic carbocycles. The second-order valence-electron chi connectivity index (χ2n) is 7.44. The summed E-state index contributed by atoms with van der Waals surface area (Å²) in [4.78, 5) is 35.6. The average Bonchev–Trinajstić information content (AvgIpc) is 2.78. The number of nitro benzene ring substituents is 2. The predicted octanol–water partition coefficient (Wildman–Crippen LogP) is 3.81. The molecule has 2 N–H and O–H groups in total. The van der Waals surface area contributed by atoms with Crippen molar-refractivity contribution in [3.63, 3.8) is 0 Å². The second kappa shape index (κ2) is 7.96. The van der Waals surface area contributed by atoms with Gasteiger partial charge in [-0.15, -0.1) is 0 Å². The number of anilines is 1. The standard InChI is InChI=1S/C22H17N5O5/c23-12-17-20(13-4-6-15(7-5-13)26(29)30)21-18(2-1-3-19(21)28)25(22(17)24)14-8-10-16(11-9-14)27(31)32/h4-11,20H,1-3,24H2/t20-/m0/s1. The third-order valence-corrected chi connectivity index (χ3v) is 5.67. The molecule has 1 atom stereocenters. The minimum atomic E-state index is -0.738. The van der Waals surface area contributed by atoms with Gasteiger partial charge in [-0.2, -0.15) is 5.26 Å². The Bertz CT molecular complexity index is 1240. The van der Waals surface area contributed by atoms with Crippen molar-refractivity contribution in [1.82, 2.24) is 0 Å². The van der Waals surface area contributed by atoms with E-state index in [-0.39, 0.29) is 28.6 Å². The van der Waals surface area contributed by atoms with Crippen LogP contribution in [0.2, 0.25) is 0 Å². The Kier molecular flexibility index (Phi) is 5.16. The van der Waals surface area contributed by atoms with Crippen molar-refractivity contribution in [1.29, 1.82) is 5.26 Å². The van der Waals surface area contributed by atoms with Crippen LogP contribution in [0.15, 0.2) is 71.2 Å². The van der Waals surface area contributed by atoms with E-state index in [9.17, 15) is 30.3 Å². The van der Waals surface area contributed by atoms with E-state index in [1.165, 1.54) is 48.5 Å². The molecule has 0 spiro atoms. The number of nitro groups is 2. The molecule has 160 valence electrons. The fraction of sp³-hybridized carbons (Fsp3) is 0.182. The maximum Gasteiger partial charge on any atom is 0.269 e. The van der Waals surface area contributed by atoms with Gasteiger partial charge in [-0.25, -0.2) is 0 Å². The lowest BCUT2D eigenvalue weighted by Gasteiger charge is -2.39. The highest BCUT2D eigenvalue weighted by Gasteiger charge is 2.40. The highest BCUT2D eigenvalue weighted by Crippen LogP contribution is 2.46. The molecule has 2 aliphatic rings. The fourth-order valence-electron chi connectivity index (χ4n) is 4.23. The summed E-state index contributed by atoms with van der Waals surface area (Å²) >= 11 is 0. The minimum Gasteiger partial charge on any atom is -0.384 e. The molecule has 0 saturated carbocycles. The van der Waals surface area contributed by atoms with Crippen LogP contribution < -0.4 is 10.6 Å². The highest BCUT2D eigenvalue weighted by molar-refractivity contribution is 6.01. The van der Waals surface area contributed by atoms with Crippen molar-refractivity contribution in [3.05, 3.63) is 97.0 Å². The van der Waals surface area contributed by atoms with Gasteiger partial charge in [0.25, 0.3) is 11.4 Å². The molecular weight excluding hydrogens is 414 g/mol. The number of allylic oxidation sites excluding steroid dienone is 3. The number of carbonyl (C=O) groups is 1. The summed E-state index contributed by atoms with van der Waals surface area (Å²) in [6.07, 6.45) is 1.44. The van der Waals surface area contributed by atoms with Crippen LogP contribution in [0.25, 0.3) is 0 Å². The SMILES string of the molecule is N#CC1=C(N)N(c2ccc([N+](=O)[O-])cc2)C2=C(C(=O)CCC2)[C@H]1c1ccc([N+](=O)[O-])cc1. The van der Waals surface area contributed by atoms with Gasteiger partial charge < -0.3 is 5.73 Å². The third kappa shape index (κ3) is 3.35. The van der Waals surface area contributed by atoms with Crippen molar-refractivity contribution in [3.8, 4) is 6.07 Å². The number of rotatable bonds is 4. The maximum atomic E-state index is 13.0. The first kappa shape index (κ1) is 20.7. The number of non-ortho nitro benzene ring substituents is 2. The summed E-state index contributed by atoms with van der Waals surface area (Å²) in [5, 5.41) is 32.0. The number of carbonyl (C=O) groups excluding carboxylic acids is 1. The molecule has 10 nitrogen and oxygen atoms in total. The first-order chi connectivity index (χ1) is 15.3. The highest BCUT2D eigenvalue weighted by atomic mass is 16.6. The molecule has 10 heteroatoms. The molecule has 1 heterocycles. The molecule has 0 bridgehead atoms. The number of nitrogens with zero attached hydrogens (tertiary/aromatic N) is 4. The number of nitrogens with two attached hydrogens (primary N) is 1. The molecule has 0 unspecified atom stereocenters. The maximum absolute atomic E-state index is 13.0. The van der Waals surface area contributed by atoms with Crippen molar-refractivity contribution in [2.24, 2.45) is 5.73 Å². The summed E-state index contributed by atoms with van der Waals surface area (Å²) in [5.41, 5.74) is 8.49. The Labute approximate surface area is 182 Å². The van der Waals surface area contributed by atoms with Gasteiger partial charge in [0.15, 0.2) is 5.78 Å². The number of benzene rings is 2. The summed E-state index contributed by atoms with van der Waals surface area (Å²) in [7, 11) is 0. The monoisotopic (exact) mass is 431 g/mol. The molecule has 2 aromatic rings. The summed E-state index contributed by atoms with van der Waals surface area (Å²) in [5.74, 6) is -0.738. The Balaban J connectivity index is 1.89. The lowest BCUT2D eigenvalue weighted by molar-refractivity contribution is -0.385. The van der Waals surface area contributed by atoms with Crippen LogP contribution in [0.4, 0.5) is 17.1 Å². The van der Waals surface area contributed by atoms with E-state index in [1.807, 2.05) is 0 Å². The van der Waals surface area contributed by atoms with Gasteiger partial charge in [-0.05, 0) is 30.5 Å². The zero-order valence-corrected chi connectivity index (χ0v) is 16.7. The zero-order chi connectivity index (χ0) is 23.0. The van der Waals surface area contributed by atoms with Crippen molar-refractivity contribution in [2.75, 3.05) is 4.90 Å². The summed E-state index contributed by atoms with van der Waals surface area (Å²) in [6.45, 7) is 0. The lowest BCUT2D eigenvalue weighted by Crippen LogP contribution is -2.38. The first-order valence-electron chi connectivity index (χ1n) is 9.78. The number of hydrogen-bond donors (Lipinski definition) is 1. The molecule has 4 rings (SSSR count). The molecule has 0 aromatic heterocycles. The Morgan fingerprint density at radius 1 is 0.969 bits per heavy atom. The van der Waals surface area contributed by atoms with E-state index in [2.05, 4.69) is 6.07 Å². The van der Waals surface area contributed by atoms with Gasteiger partial charge in [-0.3, -0.25) is 29.9 Å². The van der Waals surface area contributed by atoms with Gasteiger partial charge in [0.05, 0.1) is 27.4 Å². The van der Waals surface area contributed by atoms with E-state index in [1.54, 1.807) is 4.90 Å². The Hall–Kier alpha value is -4.52. The lowest BCUT2D eigenvalue weighted by atomic mass is 9.75. The average molecular weight is 431 g/mol. The summed E-state index contributed by atoms with van der Waals surface area (Å²) in [6, 6.07) is 13.5. The number of ketones is 1. The van der Waals surface area contributed by atoms with E-state index >= 15 is 0 Å². The number of nitriles is 1. The molecular formula is C22H17N5O5. The third-order valence-electron chi connectivity index (χ3n) is 5.67. The smallest absolute Gasteiger partial charge is 0.269 e. The van der Waals surface area contributed by atoms with Crippen LogP contribution in [-0.4, -0.2) is 15.6 Å². The second-order valence-corrected chi connectivity index (χ2v) is 7.44. The van der Waals surface area contributed by atoms with Crippen LogP contribution >= 0.6 is 0 Å². The Morgan fingerprint density at radius 2 is 1.53 bits per heavy atom. The van der Waals surface area contributed by atoms with Gasteiger partial charge in [-0.1, -0.05) is 12.1 Å². The van der Waals surface area contributed by atoms with Crippen LogP contribution in [-0.2, 0) is 4.79 Å². The van der Waals surface area contributed by atoms with Crippen LogP contribution in [0.1, 0.15) is 30.7 Å². The molecule has 32 heavy (non-hydrogen) atoms. The molecule has 0 fully saturated rings. The fourth-order valence-corrected chi connectivity index (χ4v) is 4.23.